The van der Waals surface area contributed by atoms with Gasteiger partial charge < -0.3 is 15.4 Å². The van der Waals surface area contributed by atoms with Crippen LogP contribution in [0.4, 0.5) is 5.69 Å². The molecule has 1 heterocycles. The zero-order valence-corrected chi connectivity index (χ0v) is 13.5. The molecule has 0 spiro atoms. The number of anilines is 1. The lowest BCUT2D eigenvalue weighted by Crippen LogP contribution is -2.39. The summed E-state index contributed by atoms with van der Waals surface area (Å²) in [5.74, 6) is 0.861. The van der Waals surface area contributed by atoms with Crippen LogP contribution in [0.3, 0.4) is 0 Å². The first-order valence-corrected chi connectivity index (χ1v) is 9.15. The molecule has 0 radical (unpaired) electrons. The smallest absolute Gasteiger partial charge is 0.178 e. The van der Waals surface area contributed by atoms with E-state index < -0.39 is 9.84 Å². The van der Waals surface area contributed by atoms with Crippen molar-refractivity contribution >= 4 is 15.5 Å². The van der Waals surface area contributed by atoms with Gasteiger partial charge in [-0.2, -0.15) is 0 Å². The van der Waals surface area contributed by atoms with Crippen LogP contribution in [0.1, 0.15) is 26.7 Å². The van der Waals surface area contributed by atoms with Gasteiger partial charge in [0.25, 0.3) is 0 Å². The van der Waals surface area contributed by atoms with Gasteiger partial charge in [0.2, 0.25) is 0 Å². The molecule has 1 aromatic carbocycles. The molecule has 2 rings (SSSR count). The zero-order valence-electron chi connectivity index (χ0n) is 12.7. The Morgan fingerprint density at radius 3 is 2.76 bits per heavy atom. The van der Waals surface area contributed by atoms with Gasteiger partial charge in [-0.15, -0.1) is 0 Å². The minimum absolute atomic E-state index is 0.0901. The fraction of sp³-hybridized carbons (Fsp3) is 0.600. The minimum atomic E-state index is -3.27. The van der Waals surface area contributed by atoms with E-state index in [1.807, 2.05) is 0 Å². The molecule has 0 saturated carbocycles. The molecule has 0 bridgehead atoms. The minimum Gasteiger partial charge on any atom is -0.486 e. The molecular weight excluding hydrogens is 288 g/mol. The highest BCUT2D eigenvalue weighted by Gasteiger charge is 2.25. The van der Waals surface area contributed by atoms with Crippen LogP contribution >= 0.6 is 0 Å². The first-order valence-electron chi connectivity index (χ1n) is 7.50. The Kier molecular flexibility index (Phi) is 5.11. The molecule has 1 aromatic rings. The highest BCUT2D eigenvalue weighted by atomic mass is 32.2. The third-order valence-electron chi connectivity index (χ3n) is 3.80. The Labute approximate surface area is 127 Å². The second kappa shape index (κ2) is 6.66. The molecule has 1 atom stereocenters. The van der Waals surface area contributed by atoms with Gasteiger partial charge in [-0.05, 0) is 44.5 Å². The molecule has 118 valence electrons. The third-order valence-corrected chi connectivity index (χ3v) is 5.60. The third kappa shape index (κ3) is 3.49. The summed E-state index contributed by atoms with van der Waals surface area (Å²) < 4.78 is 30.5. The van der Waals surface area contributed by atoms with Crippen molar-refractivity contribution < 1.29 is 13.2 Å². The van der Waals surface area contributed by atoms with Gasteiger partial charge in [0.15, 0.2) is 9.84 Å². The van der Waals surface area contributed by atoms with Crippen LogP contribution in [0.2, 0.25) is 0 Å². The number of sulfone groups is 1. The molecule has 21 heavy (non-hydrogen) atoms. The molecular formula is C15H24N2O3S. The van der Waals surface area contributed by atoms with E-state index in [1.54, 1.807) is 18.2 Å². The monoisotopic (exact) mass is 312 g/mol. The standard InChI is InChI=1S/C15H24N2O3S/c1-3-12-11-17(4-2)14-10-13(6-7-15(14)20-12)21(18,19)9-5-8-16/h6-7,10,12H,3-5,8-9,11,16H2,1-2H3. The number of benzene rings is 1. The number of hydrogen-bond donors (Lipinski definition) is 1. The van der Waals surface area contributed by atoms with E-state index in [0.29, 0.717) is 17.9 Å². The van der Waals surface area contributed by atoms with E-state index in [-0.39, 0.29) is 11.9 Å². The number of likely N-dealkylation sites (N-methyl/N-ethyl adjacent to an activating group) is 1. The van der Waals surface area contributed by atoms with Crippen molar-refractivity contribution in [3.63, 3.8) is 0 Å². The topological polar surface area (TPSA) is 72.6 Å². The second-order valence-corrected chi connectivity index (χ2v) is 7.39. The van der Waals surface area contributed by atoms with Crippen molar-refractivity contribution in [2.75, 3.05) is 30.3 Å². The average Bonchev–Trinajstić information content (AvgIpc) is 2.51. The van der Waals surface area contributed by atoms with Gasteiger partial charge in [-0.25, -0.2) is 8.42 Å². The van der Waals surface area contributed by atoms with E-state index >= 15 is 0 Å². The van der Waals surface area contributed by atoms with E-state index in [4.69, 9.17) is 10.5 Å². The predicted octanol–water partition coefficient (Wildman–Crippen LogP) is 1.81. The molecule has 0 aromatic heterocycles. The van der Waals surface area contributed by atoms with Gasteiger partial charge in [0.05, 0.1) is 22.9 Å². The van der Waals surface area contributed by atoms with Crippen LogP contribution in [-0.2, 0) is 9.84 Å². The van der Waals surface area contributed by atoms with E-state index in [1.165, 1.54) is 0 Å². The summed E-state index contributed by atoms with van der Waals surface area (Å²) >= 11 is 0. The number of fused-ring (bicyclic) bond motifs is 1. The number of hydrogen-bond acceptors (Lipinski definition) is 5. The van der Waals surface area contributed by atoms with Crippen LogP contribution in [0, 0.1) is 0 Å². The zero-order chi connectivity index (χ0) is 15.5. The highest BCUT2D eigenvalue weighted by Crippen LogP contribution is 2.36. The summed E-state index contributed by atoms with van der Waals surface area (Å²) in [5.41, 5.74) is 6.28. The summed E-state index contributed by atoms with van der Waals surface area (Å²) in [7, 11) is -3.27. The molecule has 0 aliphatic carbocycles. The van der Waals surface area contributed by atoms with Crippen LogP contribution in [0.15, 0.2) is 23.1 Å². The Balaban J connectivity index is 2.34. The molecule has 2 N–H and O–H groups in total. The first kappa shape index (κ1) is 16.1. The van der Waals surface area contributed by atoms with E-state index in [0.717, 1.165) is 30.9 Å². The second-order valence-electron chi connectivity index (χ2n) is 5.28. The Bertz CT molecular complexity index is 587. The van der Waals surface area contributed by atoms with Crippen molar-refractivity contribution in [3.8, 4) is 5.75 Å². The molecule has 5 nitrogen and oxygen atoms in total. The van der Waals surface area contributed by atoms with Gasteiger partial charge in [-0.1, -0.05) is 6.92 Å². The van der Waals surface area contributed by atoms with Crippen LogP contribution in [0.5, 0.6) is 5.75 Å². The molecule has 6 heteroatoms. The quantitative estimate of drug-likeness (QED) is 0.867. The normalized spacial score (nSPS) is 18.2. The average molecular weight is 312 g/mol. The van der Waals surface area contributed by atoms with Gasteiger partial charge in [0, 0.05) is 6.54 Å². The van der Waals surface area contributed by atoms with E-state index in [2.05, 4.69) is 18.7 Å². The molecule has 1 aliphatic rings. The maximum absolute atomic E-state index is 12.3. The lowest BCUT2D eigenvalue weighted by Gasteiger charge is -2.35. The summed E-state index contributed by atoms with van der Waals surface area (Å²) in [6, 6.07) is 5.14. The van der Waals surface area contributed by atoms with Crippen molar-refractivity contribution in [2.24, 2.45) is 5.73 Å². The predicted molar refractivity (Wildman–Crippen MR) is 84.8 cm³/mol. The summed E-state index contributed by atoms with van der Waals surface area (Å²) in [6.07, 6.45) is 1.58. The largest absolute Gasteiger partial charge is 0.486 e. The fourth-order valence-electron chi connectivity index (χ4n) is 2.50. The Morgan fingerprint density at radius 2 is 2.14 bits per heavy atom. The molecule has 0 amide bonds. The van der Waals surface area contributed by atoms with Crippen molar-refractivity contribution in [2.45, 2.75) is 37.7 Å². The first-order chi connectivity index (χ1) is 10.0. The van der Waals surface area contributed by atoms with E-state index in [9.17, 15) is 8.42 Å². The number of rotatable bonds is 6. The molecule has 1 unspecified atom stereocenters. The maximum Gasteiger partial charge on any atom is 0.178 e. The highest BCUT2D eigenvalue weighted by molar-refractivity contribution is 7.91. The summed E-state index contributed by atoms with van der Waals surface area (Å²) in [5, 5.41) is 0. The van der Waals surface area contributed by atoms with Crippen molar-refractivity contribution in [3.05, 3.63) is 18.2 Å². The van der Waals surface area contributed by atoms with Gasteiger partial charge in [-0.3, -0.25) is 0 Å². The van der Waals surface area contributed by atoms with Crippen LogP contribution < -0.4 is 15.4 Å². The fourth-order valence-corrected chi connectivity index (χ4v) is 3.85. The van der Waals surface area contributed by atoms with Crippen LogP contribution in [0.25, 0.3) is 0 Å². The number of nitrogens with two attached hydrogens (primary N) is 1. The summed E-state index contributed by atoms with van der Waals surface area (Å²) in [6.45, 7) is 6.17. The lowest BCUT2D eigenvalue weighted by molar-refractivity contribution is 0.189. The van der Waals surface area contributed by atoms with Gasteiger partial charge >= 0.3 is 0 Å². The van der Waals surface area contributed by atoms with Crippen molar-refractivity contribution in [1.29, 1.82) is 0 Å². The Morgan fingerprint density at radius 1 is 1.38 bits per heavy atom. The van der Waals surface area contributed by atoms with Crippen LogP contribution in [-0.4, -0.2) is 39.9 Å². The van der Waals surface area contributed by atoms with Gasteiger partial charge in [0.1, 0.15) is 11.9 Å². The number of ether oxygens (including phenoxy) is 1. The molecule has 0 saturated heterocycles. The molecule has 0 fully saturated rings. The Hall–Kier alpha value is -1.27. The molecule has 1 aliphatic heterocycles. The summed E-state index contributed by atoms with van der Waals surface area (Å²) in [4.78, 5) is 2.53. The number of nitrogens with zero attached hydrogens (tertiary/aromatic N) is 1. The lowest BCUT2D eigenvalue weighted by atomic mass is 10.1. The SMILES string of the molecule is CCC1CN(CC)c2cc(S(=O)(=O)CCCN)ccc2O1. The maximum atomic E-state index is 12.3. The van der Waals surface area contributed by atoms with Crippen molar-refractivity contribution in [1.82, 2.24) is 0 Å².